The molecule has 2 fully saturated rings. The molecule has 144 valence electrons. The highest BCUT2D eigenvalue weighted by Crippen LogP contribution is 2.25. The minimum atomic E-state index is 0.0426. The van der Waals surface area contributed by atoms with Crippen molar-refractivity contribution in [3.8, 4) is 0 Å². The molecule has 2 atom stereocenters. The van der Waals surface area contributed by atoms with Crippen LogP contribution in [0.15, 0.2) is 24.3 Å². The van der Waals surface area contributed by atoms with Gasteiger partial charge < -0.3 is 5.32 Å². The van der Waals surface area contributed by atoms with E-state index in [0.29, 0.717) is 12.6 Å². The highest BCUT2D eigenvalue weighted by Gasteiger charge is 2.31. The summed E-state index contributed by atoms with van der Waals surface area (Å²) >= 11 is 0. The molecule has 0 bridgehead atoms. The van der Waals surface area contributed by atoms with Crippen molar-refractivity contribution in [3.63, 3.8) is 0 Å². The van der Waals surface area contributed by atoms with E-state index in [1.165, 1.54) is 30.4 Å². The third kappa shape index (κ3) is 4.66. The van der Waals surface area contributed by atoms with Gasteiger partial charge in [0.15, 0.2) is 0 Å². The Hall–Kier alpha value is -1.39. The first-order chi connectivity index (χ1) is 12.6. The highest BCUT2D eigenvalue weighted by atomic mass is 16.2. The molecule has 0 aromatic heterocycles. The van der Waals surface area contributed by atoms with Gasteiger partial charge in [0.25, 0.3) is 0 Å². The fourth-order valence-corrected chi connectivity index (χ4v) is 4.47. The van der Waals surface area contributed by atoms with E-state index in [0.717, 1.165) is 32.5 Å². The van der Waals surface area contributed by atoms with Gasteiger partial charge in [0, 0.05) is 12.6 Å². The van der Waals surface area contributed by atoms with E-state index >= 15 is 0 Å². The lowest BCUT2D eigenvalue weighted by atomic mass is 9.99. The summed E-state index contributed by atoms with van der Waals surface area (Å²) in [6, 6.07) is 9.58. The van der Waals surface area contributed by atoms with Crippen LogP contribution in [0.5, 0.6) is 0 Å². The molecule has 1 N–H and O–H groups in total. The maximum Gasteiger partial charge on any atom is 0.237 e. The Morgan fingerprint density at radius 2 is 1.73 bits per heavy atom. The van der Waals surface area contributed by atoms with Gasteiger partial charge in [0.05, 0.1) is 12.1 Å². The van der Waals surface area contributed by atoms with Crippen LogP contribution < -0.4 is 5.32 Å². The number of amides is 1. The second-order valence-electron chi connectivity index (χ2n) is 8.26. The molecular formula is C22H35N3O. The number of hydrogen-bond acceptors (Lipinski definition) is 3. The Balaban J connectivity index is 1.66. The van der Waals surface area contributed by atoms with Crippen molar-refractivity contribution in [1.29, 1.82) is 0 Å². The summed E-state index contributed by atoms with van der Waals surface area (Å²) in [6.07, 6.45) is 5.89. The van der Waals surface area contributed by atoms with Gasteiger partial charge in [0.1, 0.15) is 0 Å². The standard InChI is InChI=1S/C22H35N3O/c1-17(2)25-15-5-4-8-20(25)22(26)23-16-21(24-13-6-7-14-24)19-11-9-18(3)10-12-19/h9-12,17,20-21H,4-8,13-16H2,1-3H3,(H,23,26). The minimum absolute atomic E-state index is 0.0426. The van der Waals surface area contributed by atoms with Crippen molar-refractivity contribution in [2.75, 3.05) is 26.2 Å². The molecule has 1 aromatic rings. The molecule has 2 saturated heterocycles. The SMILES string of the molecule is Cc1ccc(C(CNC(=O)C2CCCCN2C(C)C)N2CCCC2)cc1. The predicted molar refractivity (Wildman–Crippen MR) is 107 cm³/mol. The predicted octanol–water partition coefficient (Wildman–Crippen LogP) is 3.51. The number of nitrogens with zero attached hydrogens (tertiary/aromatic N) is 2. The van der Waals surface area contributed by atoms with Gasteiger partial charge in [-0.15, -0.1) is 0 Å². The molecule has 0 radical (unpaired) electrons. The maximum absolute atomic E-state index is 12.9. The minimum Gasteiger partial charge on any atom is -0.353 e. The molecule has 1 aromatic carbocycles. The fourth-order valence-electron chi connectivity index (χ4n) is 4.47. The Morgan fingerprint density at radius 1 is 1.08 bits per heavy atom. The monoisotopic (exact) mass is 357 g/mol. The van der Waals surface area contributed by atoms with Crippen LogP contribution in [0.4, 0.5) is 0 Å². The summed E-state index contributed by atoms with van der Waals surface area (Å²) in [5.74, 6) is 0.217. The molecule has 2 aliphatic rings. The third-order valence-electron chi connectivity index (χ3n) is 6.02. The summed E-state index contributed by atoms with van der Waals surface area (Å²) in [5, 5.41) is 3.31. The van der Waals surface area contributed by atoms with Crippen LogP contribution in [0.1, 0.15) is 63.1 Å². The maximum atomic E-state index is 12.9. The number of aryl methyl sites for hydroxylation is 1. The van der Waals surface area contributed by atoms with Crippen molar-refractivity contribution < 1.29 is 4.79 Å². The van der Waals surface area contributed by atoms with Crippen molar-refractivity contribution in [2.45, 2.75) is 71.0 Å². The van der Waals surface area contributed by atoms with Gasteiger partial charge >= 0.3 is 0 Å². The number of carbonyl (C=O) groups is 1. The van der Waals surface area contributed by atoms with Gasteiger partial charge in [0.2, 0.25) is 5.91 Å². The number of piperidine rings is 1. The second kappa shape index (κ2) is 9.01. The molecule has 0 spiro atoms. The largest absolute Gasteiger partial charge is 0.353 e. The lowest BCUT2D eigenvalue weighted by Gasteiger charge is -2.38. The van der Waals surface area contributed by atoms with E-state index in [2.05, 4.69) is 60.2 Å². The Kier molecular flexibility index (Phi) is 6.71. The Labute approximate surface area is 158 Å². The van der Waals surface area contributed by atoms with Crippen LogP contribution in [0.2, 0.25) is 0 Å². The van der Waals surface area contributed by atoms with Crippen LogP contribution in [0, 0.1) is 6.92 Å². The number of rotatable bonds is 6. The van der Waals surface area contributed by atoms with Gasteiger partial charge in [-0.05, 0) is 71.7 Å². The lowest BCUT2D eigenvalue weighted by molar-refractivity contribution is -0.128. The van der Waals surface area contributed by atoms with E-state index in [-0.39, 0.29) is 18.0 Å². The molecule has 2 unspecified atom stereocenters. The molecular weight excluding hydrogens is 322 g/mol. The summed E-state index contributed by atoms with van der Waals surface area (Å²) < 4.78 is 0. The quantitative estimate of drug-likeness (QED) is 0.846. The van der Waals surface area contributed by atoms with E-state index in [9.17, 15) is 4.79 Å². The Morgan fingerprint density at radius 3 is 2.38 bits per heavy atom. The lowest BCUT2D eigenvalue weighted by Crippen LogP contribution is -2.53. The van der Waals surface area contributed by atoms with Gasteiger partial charge in [-0.25, -0.2) is 0 Å². The zero-order chi connectivity index (χ0) is 18.5. The molecule has 2 heterocycles. The first-order valence-corrected chi connectivity index (χ1v) is 10.4. The number of likely N-dealkylation sites (tertiary alicyclic amines) is 2. The van der Waals surface area contributed by atoms with Crippen LogP contribution in [-0.2, 0) is 4.79 Å². The zero-order valence-corrected chi connectivity index (χ0v) is 16.7. The third-order valence-corrected chi connectivity index (χ3v) is 6.02. The van der Waals surface area contributed by atoms with Gasteiger partial charge in [-0.2, -0.15) is 0 Å². The first-order valence-electron chi connectivity index (χ1n) is 10.4. The molecule has 3 rings (SSSR count). The fraction of sp³-hybridized carbons (Fsp3) is 0.682. The molecule has 4 heteroatoms. The van der Waals surface area contributed by atoms with Crippen LogP contribution in [0.25, 0.3) is 0 Å². The topological polar surface area (TPSA) is 35.6 Å². The summed E-state index contributed by atoms with van der Waals surface area (Å²) in [5.41, 5.74) is 2.61. The molecule has 4 nitrogen and oxygen atoms in total. The van der Waals surface area contributed by atoms with Crippen molar-refractivity contribution in [3.05, 3.63) is 35.4 Å². The molecule has 2 aliphatic heterocycles. The van der Waals surface area contributed by atoms with Crippen molar-refractivity contribution in [1.82, 2.24) is 15.1 Å². The highest BCUT2D eigenvalue weighted by molar-refractivity contribution is 5.81. The molecule has 26 heavy (non-hydrogen) atoms. The van der Waals surface area contributed by atoms with Crippen molar-refractivity contribution >= 4 is 5.91 Å². The second-order valence-corrected chi connectivity index (χ2v) is 8.26. The summed E-state index contributed by atoms with van der Waals surface area (Å²) in [7, 11) is 0. The molecule has 1 amide bonds. The van der Waals surface area contributed by atoms with E-state index in [1.54, 1.807) is 0 Å². The van der Waals surface area contributed by atoms with Gasteiger partial charge in [-0.3, -0.25) is 14.6 Å². The molecule has 0 aliphatic carbocycles. The Bertz CT molecular complexity index is 578. The molecule has 0 saturated carbocycles. The van der Waals surface area contributed by atoms with Crippen LogP contribution >= 0.6 is 0 Å². The number of hydrogen-bond donors (Lipinski definition) is 1. The van der Waals surface area contributed by atoms with Crippen LogP contribution in [-0.4, -0.2) is 54.0 Å². The number of nitrogens with one attached hydrogen (secondary N) is 1. The smallest absolute Gasteiger partial charge is 0.237 e. The van der Waals surface area contributed by atoms with Crippen molar-refractivity contribution in [2.24, 2.45) is 0 Å². The normalized spacial score (nSPS) is 23.3. The summed E-state index contributed by atoms with van der Waals surface area (Å²) in [6.45, 7) is 10.6. The number of carbonyl (C=O) groups excluding carboxylic acids is 1. The van der Waals surface area contributed by atoms with Gasteiger partial charge in [-0.1, -0.05) is 36.2 Å². The van der Waals surface area contributed by atoms with E-state index in [1.807, 2.05) is 0 Å². The number of benzene rings is 1. The average molecular weight is 358 g/mol. The summed E-state index contributed by atoms with van der Waals surface area (Å²) in [4.78, 5) is 17.9. The zero-order valence-electron chi connectivity index (χ0n) is 16.7. The van der Waals surface area contributed by atoms with Crippen LogP contribution in [0.3, 0.4) is 0 Å². The first kappa shape index (κ1) is 19.4. The average Bonchev–Trinajstić information content (AvgIpc) is 3.17. The van der Waals surface area contributed by atoms with E-state index < -0.39 is 0 Å². The van der Waals surface area contributed by atoms with E-state index in [4.69, 9.17) is 0 Å².